The molecule has 0 aliphatic heterocycles. The van der Waals surface area contributed by atoms with Crippen molar-refractivity contribution >= 4 is 17.9 Å². The molecule has 0 rings (SSSR count). The van der Waals surface area contributed by atoms with Crippen LogP contribution in [0.15, 0.2) is 24.3 Å². The second kappa shape index (κ2) is 45.6. The van der Waals surface area contributed by atoms with E-state index in [1.807, 2.05) is 0 Å². The number of carbonyl (C=O) groups is 3. The number of carbonyl (C=O) groups excluding carboxylic acids is 3. The van der Waals surface area contributed by atoms with Crippen LogP contribution in [-0.4, -0.2) is 37.2 Å². The van der Waals surface area contributed by atoms with Crippen LogP contribution in [0.2, 0.25) is 0 Å². The van der Waals surface area contributed by atoms with E-state index < -0.39 is 6.10 Å². The van der Waals surface area contributed by atoms with E-state index in [-0.39, 0.29) is 31.1 Å². The molecule has 0 radical (unpaired) electrons. The molecule has 1 atom stereocenters. The Labute approximate surface area is 347 Å². The first-order valence-corrected chi connectivity index (χ1v) is 24.3. The Morgan fingerprint density at radius 2 is 0.643 bits per heavy atom. The summed E-state index contributed by atoms with van der Waals surface area (Å²) in [6.45, 7) is 6.59. The van der Waals surface area contributed by atoms with Gasteiger partial charge in [-0.15, -0.1) is 0 Å². The third-order valence-electron chi connectivity index (χ3n) is 10.7. The zero-order chi connectivity index (χ0) is 40.8. The van der Waals surface area contributed by atoms with Crippen LogP contribution >= 0.6 is 0 Å². The van der Waals surface area contributed by atoms with Crippen molar-refractivity contribution in [3.05, 3.63) is 24.3 Å². The van der Waals surface area contributed by atoms with E-state index in [1.54, 1.807) is 0 Å². The molecule has 0 aromatic rings. The molecule has 0 unspecified atom stereocenters. The molecule has 0 aromatic carbocycles. The quantitative estimate of drug-likeness (QED) is 0.0265. The molecular weight excluding hydrogens is 697 g/mol. The van der Waals surface area contributed by atoms with Crippen LogP contribution < -0.4 is 0 Å². The van der Waals surface area contributed by atoms with Crippen LogP contribution in [0.5, 0.6) is 0 Å². The van der Waals surface area contributed by atoms with Crippen LogP contribution in [0.4, 0.5) is 0 Å². The Morgan fingerprint density at radius 3 is 1.02 bits per heavy atom. The number of esters is 3. The molecule has 56 heavy (non-hydrogen) atoms. The number of allylic oxidation sites excluding steroid dienone is 4. The van der Waals surface area contributed by atoms with Gasteiger partial charge >= 0.3 is 17.9 Å². The van der Waals surface area contributed by atoms with Crippen LogP contribution in [0.25, 0.3) is 0 Å². The van der Waals surface area contributed by atoms with Gasteiger partial charge in [-0.3, -0.25) is 14.4 Å². The summed E-state index contributed by atoms with van der Waals surface area (Å²) >= 11 is 0. The normalized spacial score (nSPS) is 12.1. The molecule has 328 valence electrons. The summed E-state index contributed by atoms with van der Waals surface area (Å²) in [6, 6.07) is 0. The number of hydrogen-bond acceptors (Lipinski definition) is 6. The van der Waals surface area contributed by atoms with Crippen LogP contribution in [0.1, 0.15) is 258 Å². The Balaban J connectivity index is 4.24. The van der Waals surface area contributed by atoms with Crippen molar-refractivity contribution in [1.29, 1.82) is 0 Å². The molecule has 0 aromatic heterocycles. The minimum atomic E-state index is -0.764. The maximum absolute atomic E-state index is 12.7. The van der Waals surface area contributed by atoms with Crippen molar-refractivity contribution in [3.63, 3.8) is 0 Å². The average Bonchev–Trinajstić information content (AvgIpc) is 3.19. The summed E-state index contributed by atoms with van der Waals surface area (Å²) < 4.78 is 16.7. The summed E-state index contributed by atoms with van der Waals surface area (Å²) in [5, 5.41) is 0. The third kappa shape index (κ3) is 43.0. The maximum atomic E-state index is 12.7. The highest BCUT2D eigenvalue weighted by Crippen LogP contribution is 2.15. The van der Waals surface area contributed by atoms with Gasteiger partial charge in [0.2, 0.25) is 0 Å². The lowest BCUT2D eigenvalue weighted by Crippen LogP contribution is -2.30. The Kier molecular flexibility index (Phi) is 43.9. The Morgan fingerprint density at radius 1 is 0.357 bits per heavy atom. The highest BCUT2D eigenvalue weighted by molar-refractivity contribution is 5.71. The number of unbranched alkanes of at least 4 members (excludes halogenated alkanes) is 29. The standard InChI is InChI=1S/C50H92O6/c1-4-7-10-13-16-19-21-22-23-24-25-26-27-28-29-32-34-37-40-43-49(52)55-46-47(45-54-48(51)42-39-36-33-30-18-15-12-9-6-3)56-50(53)44-41-38-35-31-20-17-14-11-8-5-2/h16,19,22-23,47H,4-15,17-18,20-21,24-46H2,1-3H3/b19-16-,23-22-/t47-/m1/s1. The smallest absolute Gasteiger partial charge is 0.306 e. The second-order valence-electron chi connectivity index (χ2n) is 16.4. The summed E-state index contributed by atoms with van der Waals surface area (Å²) in [5.74, 6) is -0.869. The first-order valence-electron chi connectivity index (χ1n) is 24.3. The summed E-state index contributed by atoms with van der Waals surface area (Å²) in [6.07, 6.45) is 50.2. The lowest BCUT2D eigenvalue weighted by Gasteiger charge is -2.18. The molecule has 0 saturated heterocycles. The molecular formula is C50H92O6. The van der Waals surface area contributed by atoms with Gasteiger partial charge in [-0.2, -0.15) is 0 Å². The first kappa shape index (κ1) is 53.9. The van der Waals surface area contributed by atoms with Crippen molar-refractivity contribution < 1.29 is 28.6 Å². The van der Waals surface area contributed by atoms with E-state index in [0.717, 1.165) is 64.2 Å². The van der Waals surface area contributed by atoms with Gasteiger partial charge in [0.25, 0.3) is 0 Å². The van der Waals surface area contributed by atoms with E-state index in [1.165, 1.54) is 154 Å². The Bertz CT molecular complexity index is 911. The molecule has 0 aliphatic rings. The first-order chi connectivity index (χ1) is 27.5. The van der Waals surface area contributed by atoms with Gasteiger partial charge in [0.15, 0.2) is 6.10 Å². The van der Waals surface area contributed by atoms with E-state index in [4.69, 9.17) is 14.2 Å². The molecule has 0 fully saturated rings. The van der Waals surface area contributed by atoms with Crippen molar-refractivity contribution in [2.45, 2.75) is 264 Å². The van der Waals surface area contributed by atoms with Gasteiger partial charge in [-0.05, 0) is 51.4 Å². The molecule has 0 spiro atoms. The van der Waals surface area contributed by atoms with Crippen LogP contribution in [0, 0.1) is 0 Å². The molecule has 6 heteroatoms. The number of ether oxygens (including phenoxy) is 3. The summed E-state index contributed by atoms with van der Waals surface area (Å²) in [5.41, 5.74) is 0. The van der Waals surface area contributed by atoms with Crippen LogP contribution in [0.3, 0.4) is 0 Å². The van der Waals surface area contributed by atoms with Crippen molar-refractivity contribution in [1.82, 2.24) is 0 Å². The fourth-order valence-electron chi connectivity index (χ4n) is 7.00. The van der Waals surface area contributed by atoms with E-state index in [2.05, 4.69) is 45.1 Å². The molecule has 0 bridgehead atoms. The van der Waals surface area contributed by atoms with E-state index in [0.29, 0.717) is 19.3 Å². The minimum absolute atomic E-state index is 0.0686. The van der Waals surface area contributed by atoms with Gasteiger partial charge in [0.1, 0.15) is 13.2 Å². The molecule has 0 heterocycles. The Hall–Kier alpha value is -2.11. The summed E-state index contributed by atoms with van der Waals surface area (Å²) in [7, 11) is 0. The van der Waals surface area contributed by atoms with Crippen molar-refractivity contribution in [2.75, 3.05) is 13.2 Å². The highest BCUT2D eigenvalue weighted by Gasteiger charge is 2.19. The predicted molar refractivity (Wildman–Crippen MR) is 238 cm³/mol. The average molecular weight is 789 g/mol. The molecule has 0 N–H and O–H groups in total. The van der Waals surface area contributed by atoms with Crippen LogP contribution in [-0.2, 0) is 28.6 Å². The highest BCUT2D eigenvalue weighted by atomic mass is 16.6. The molecule has 0 saturated carbocycles. The second-order valence-corrected chi connectivity index (χ2v) is 16.4. The van der Waals surface area contributed by atoms with Crippen molar-refractivity contribution in [2.24, 2.45) is 0 Å². The fraction of sp³-hybridized carbons (Fsp3) is 0.860. The monoisotopic (exact) mass is 789 g/mol. The summed E-state index contributed by atoms with van der Waals surface area (Å²) in [4.78, 5) is 37.7. The molecule has 0 amide bonds. The fourth-order valence-corrected chi connectivity index (χ4v) is 7.00. The lowest BCUT2D eigenvalue weighted by atomic mass is 10.1. The SMILES string of the molecule is CCCCC/C=C\C/C=C\CCCCCCCCCCCC(=O)OC[C@@H](COC(=O)CCCCCCCCCCC)OC(=O)CCCCCCCCCCCC. The lowest BCUT2D eigenvalue weighted by molar-refractivity contribution is -0.167. The van der Waals surface area contributed by atoms with E-state index in [9.17, 15) is 14.4 Å². The zero-order valence-electron chi connectivity index (χ0n) is 37.4. The van der Waals surface area contributed by atoms with Gasteiger partial charge in [-0.1, -0.05) is 212 Å². The number of rotatable bonds is 44. The molecule has 0 aliphatic carbocycles. The van der Waals surface area contributed by atoms with Crippen molar-refractivity contribution in [3.8, 4) is 0 Å². The van der Waals surface area contributed by atoms with Gasteiger partial charge in [-0.25, -0.2) is 0 Å². The zero-order valence-corrected chi connectivity index (χ0v) is 37.4. The van der Waals surface area contributed by atoms with E-state index >= 15 is 0 Å². The van der Waals surface area contributed by atoms with Gasteiger partial charge < -0.3 is 14.2 Å². The topological polar surface area (TPSA) is 78.9 Å². The van der Waals surface area contributed by atoms with Gasteiger partial charge in [0, 0.05) is 19.3 Å². The molecule has 6 nitrogen and oxygen atoms in total. The largest absolute Gasteiger partial charge is 0.462 e. The third-order valence-corrected chi connectivity index (χ3v) is 10.7. The number of hydrogen-bond donors (Lipinski definition) is 0. The predicted octanol–water partition coefficient (Wildman–Crippen LogP) is 15.6. The maximum Gasteiger partial charge on any atom is 0.306 e. The van der Waals surface area contributed by atoms with Gasteiger partial charge in [0.05, 0.1) is 0 Å². The minimum Gasteiger partial charge on any atom is -0.462 e.